The lowest BCUT2D eigenvalue weighted by Gasteiger charge is -2.10. The summed E-state index contributed by atoms with van der Waals surface area (Å²) in [6.07, 6.45) is 0. The van der Waals surface area contributed by atoms with Gasteiger partial charge in [-0.15, -0.1) is 11.6 Å². The van der Waals surface area contributed by atoms with Crippen molar-refractivity contribution < 1.29 is 23.1 Å². The Labute approximate surface area is 72.6 Å². The van der Waals surface area contributed by atoms with Gasteiger partial charge in [-0.3, -0.25) is 4.79 Å². The molecule has 6 heteroatoms. The molecule has 0 atom stereocenters. The van der Waals surface area contributed by atoms with Crippen LogP contribution in [0.15, 0.2) is 0 Å². The largest absolute Gasteiger partial charge is 0.461 e. The van der Waals surface area contributed by atoms with Crippen molar-refractivity contribution in [1.29, 1.82) is 0 Å². The highest BCUT2D eigenvalue weighted by atomic mass is 35.5. The summed E-state index contributed by atoms with van der Waals surface area (Å²) < 4.78 is 28.9. The van der Waals surface area contributed by atoms with Gasteiger partial charge in [0.25, 0.3) is 0 Å². The zero-order valence-corrected chi connectivity index (χ0v) is 7.03. The Balaban J connectivity index is 4.38. The van der Waals surface area contributed by atoms with Gasteiger partial charge in [-0.25, -0.2) is 4.79 Å². The monoisotopic (exact) mass is 200 g/mol. The SMILES string of the molecule is CCOC(=O)C(F)(F)C(=O)CCl. The number of carbonyl (C=O) groups excluding carboxylic acids is 2. The van der Waals surface area contributed by atoms with Gasteiger partial charge in [0.05, 0.1) is 12.5 Å². The van der Waals surface area contributed by atoms with Crippen molar-refractivity contribution in [3.8, 4) is 0 Å². The number of hydrogen-bond acceptors (Lipinski definition) is 3. The molecule has 0 aliphatic carbocycles. The molecule has 0 aromatic rings. The summed E-state index contributed by atoms with van der Waals surface area (Å²) in [4.78, 5) is 20.8. The van der Waals surface area contributed by atoms with E-state index in [1.165, 1.54) is 6.92 Å². The molecule has 12 heavy (non-hydrogen) atoms. The smallest absolute Gasteiger partial charge is 0.401 e. The average molecular weight is 201 g/mol. The molecule has 0 N–H and O–H groups in total. The van der Waals surface area contributed by atoms with E-state index in [2.05, 4.69) is 4.74 Å². The van der Waals surface area contributed by atoms with E-state index in [1.54, 1.807) is 0 Å². The number of ether oxygens (including phenoxy) is 1. The first-order valence-corrected chi connectivity index (χ1v) is 3.64. The number of rotatable bonds is 4. The molecular formula is C6H7ClF2O3. The van der Waals surface area contributed by atoms with Crippen molar-refractivity contribution in [1.82, 2.24) is 0 Å². The highest BCUT2D eigenvalue weighted by Crippen LogP contribution is 2.17. The molecule has 0 radical (unpaired) electrons. The van der Waals surface area contributed by atoms with E-state index in [4.69, 9.17) is 11.6 Å². The van der Waals surface area contributed by atoms with Crippen LogP contribution in [0.5, 0.6) is 0 Å². The molecule has 70 valence electrons. The first-order valence-electron chi connectivity index (χ1n) is 3.11. The van der Waals surface area contributed by atoms with Crippen LogP contribution in [-0.4, -0.2) is 30.2 Å². The third kappa shape index (κ3) is 2.41. The van der Waals surface area contributed by atoms with Gasteiger partial charge in [0.2, 0.25) is 5.78 Å². The van der Waals surface area contributed by atoms with Crippen molar-refractivity contribution in [3.05, 3.63) is 0 Å². The summed E-state index contributed by atoms with van der Waals surface area (Å²) in [5, 5.41) is 0. The van der Waals surface area contributed by atoms with E-state index >= 15 is 0 Å². The molecule has 0 unspecified atom stereocenters. The minimum absolute atomic E-state index is 0.204. The molecule has 0 aliphatic heterocycles. The van der Waals surface area contributed by atoms with Crippen molar-refractivity contribution >= 4 is 23.4 Å². The van der Waals surface area contributed by atoms with Crippen LogP contribution in [0, 0.1) is 0 Å². The summed E-state index contributed by atoms with van der Waals surface area (Å²) >= 11 is 4.84. The van der Waals surface area contributed by atoms with Gasteiger partial charge < -0.3 is 4.74 Å². The summed E-state index contributed by atoms with van der Waals surface area (Å²) in [7, 11) is 0. The van der Waals surface area contributed by atoms with E-state index in [-0.39, 0.29) is 6.61 Å². The number of Topliss-reactive ketones (excluding diaryl/α,β-unsaturated/α-hetero) is 1. The number of hydrogen-bond donors (Lipinski definition) is 0. The molecule has 3 nitrogen and oxygen atoms in total. The van der Waals surface area contributed by atoms with Gasteiger partial charge in [0.1, 0.15) is 0 Å². The van der Waals surface area contributed by atoms with Crippen LogP contribution in [0.4, 0.5) is 8.78 Å². The Kier molecular flexibility index (Phi) is 4.09. The lowest BCUT2D eigenvalue weighted by molar-refractivity contribution is -0.175. The fraction of sp³-hybridized carbons (Fsp3) is 0.667. The predicted octanol–water partition coefficient (Wildman–Crippen LogP) is 0.993. The average Bonchev–Trinajstić information content (AvgIpc) is 2.03. The van der Waals surface area contributed by atoms with Gasteiger partial charge >= 0.3 is 11.9 Å². The molecule has 0 spiro atoms. The van der Waals surface area contributed by atoms with Crippen molar-refractivity contribution in [2.75, 3.05) is 12.5 Å². The number of alkyl halides is 3. The fourth-order valence-electron chi connectivity index (χ4n) is 0.419. The van der Waals surface area contributed by atoms with E-state index in [0.717, 1.165) is 0 Å². The fourth-order valence-corrected chi connectivity index (χ4v) is 0.587. The molecule has 0 fully saturated rings. The first kappa shape index (κ1) is 11.3. The van der Waals surface area contributed by atoms with Crippen LogP contribution in [0.25, 0.3) is 0 Å². The molecule has 0 aromatic heterocycles. The quantitative estimate of drug-likeness (QED) is 0.386. The van der Waals surface area contributed by atoms with Gasteiger partial charge in [-0.2, -0.15) is 8.78 Å². The van der Waals surface area contributed by atoms with Gasteiger partial charge in [0, 0.05) is 0 Å². The van der Waals surface area contributed by atoms with Crippen molar-refractivity contribution in [2.24, 2.45) is 0 Å². The molecule has 0 amide bonds. The normalized spacial score (nSPS) is 11.0. The highest BCUT2D eigenvalue weighted by molar-refractivity contribution is 6.30. The lowest BCUT2D eigenvalue weighted by atomic mass is 10.2. The molecule has 0 heterocycles. The molecule has 0 aliphatic rings. The molecular weight excluding hydrogens is 194 g/mol. The molecule has 0 saturated carbocycles. The van der Waals surface area contributed by atoms with Crippen LogP contribution >= 0.6 is 11.6 Å². The third-order valence-electron chi connectivity index (χ3n) is 1.00. The second kappa shape index (κ2) is 4.35. The zero-order valence-electron chi connectivity index (χ0n) is 6.27. The Morgan fingerprint density at radius 1 is 1.50 bits per heavy atom. The minimum Gasteiger partial charge on any atom is -0.461 e. The van der Waals surface area contributed by atoms with Gasteiger partial charge in [-0.1, -0.05) is 0 Å². The Bertz CT molecular complexity index is 193. The van der Waals surface area contributed by atoms with E-state index in [9.17, 15) is 18.4 Å². The second-order valence-electron chi connectivity index (χ2n) is 1.85. The molecule has 0 saturated heterocycles. The van der Waals surface area contributed by atoms with Gasteiger partial charge in [0.15, 0.2) is 0 Å². The second-order valence-corrected chi connectivity index (χ2v) is 2.12. The maximum Gasteiger partial charge on any atom is 0.401 e. The Morgan fingerprint density at radius 3 is 2.33 bits per heavy atom. The summed E-state index contributed by atoms with van der Waals surface area (Å²) in [5.74, 6) is -8.53. The maximum absolute atomic E-state index is 12.5. The number of halogens is 3. The number of ketones is 1. The van der Waals surface area contributed by atoms with Gasteiger partial charge in [-0.05, 0) is 6.92 Å². The van der Waals surface area contributed by atoms with Crippen LogP contribution < -0.4 is 0 Å². The van der Waals surface area contributed by atoms with Crippen molar-refractivity contribution in [3.63, 3.8) is 0 Å². The van der Waals surface area contributed by atoms with E-state index < -0.39 is 23.6 Å². The topological polar surface area (TPSA) is 43.4 Å². The van der Waals surface area contributed by atoms with E-state index in [0.29, 0.717) is 0 Å². The van der Waals surface area contributed by atoms with Crippen LogP contribution in [0.3, 0.4) is 0 Å². The standard InChI is InChI=1S/C6H7ClF2O3/c1-2-12-5(11)6(8,9)4(10)3-7/h2-3H2,1H3. The van der Waals surface area contributed by atoms with Crippen LogP contribution in [0.1, 0.15) is 6.92 Å². The predicted molar refractivity (Wildman–Crippen MR) is 37.3 cm³/mol. The van der Waals surface area contributed by atoms with Crippen molar-refractivity contribution in [2.45, 2.75) is 12.8 Å². The van der Waals surface area contributed by atoms with Crippen LogP contribution in [-0.2, 0) is 14.3 Å². The zero-order chi connectivity index (χ0) is 9.78. The first-order chi connectivity index (χ1) is 5.46. The molecule has 0 rings (SSSR count). The number of esters is 1. The summed E-state index contributed by atoms with van der Waals surface area (Å²) in [6.45, 7) is 1.16. The Hall–Kier alpha value is -0.710. The highest BCUT2D eigenvalue weighted by Gasteiger charge is 2.47. The summed E-state index contributed by atoms with van der Waals surface area (Å²) in [5.41, 5.74) is 0. The molecule has 0 bridgehead atoms. The van der Waals surface area contributed by atoms with Crippen LogP contribution in [0.2, 0.25) is 0 Å². The summed E-state index contributed by atoms with van der Waals surface area (Å²) in [6, 6.07) is 0. The molecule has 0 aromatic carbocycles. The lowest BCUT2D eigenvalue weighted by Crippen LogP contribution is -2.40. The van der Waals surface area contributed by atoms with E-state index in [1.807, 2.05) is 0 Å². The minimum atomic E-state index is -4.11. The third-order valence-corrected chi connectivity index (χ3v) is 1.25. The Morgan fingerprint density at radius 2 is 2.00 bits per heavy atom. The maximum atomic E-state index is 12.5. The number of carbonyl (C=O) groups is 2.